The Morgan fingerprint density at radius 2 is 2.00 bits per heavy atom. The molecule has 6 heteroatoms. The van der Waals surface area contributed by atoms with Crippen molar-refractivity contribution in [3.63, 3.8) is 0 Å². The van der Waals surface area contributed by atoms with Crippen LogP contribution in [0.15, 0.2) is 24.3 Å². The van der Waals surface area contributed by atoms with Gasteiger partial charge in [-0.3, -0.25) is 15.1 Å². The summed E-state index contributed by atoms with van der Waals surface area (Å²) in [5.74, 6) is 1.09. The number of amides is 1. The topological polar surface area (TPSA) is 68.8 Å². The Kier molecular flexibility index (Phi) is 5.25. The average molecular weight is 372 g/mol. The fraction of sp³-hybridized carbons (Fsp3) is 0.571. The van der Waals surface area contributed by atoms with Crippen LogP contribution in [0.3, 0.4) is 0 Å². The molecular weight excluding hydrogens is 344 g/mol. The number of rotatable bonds is 6. The van der Waals surface area contributed by atoms with Crippen molar-refractivity contribution in [2.75, 3.05) is 13.7 Å². The average Bonchev–Trinajstić information content (AvgIpc) is 3.44. The number of nitrogens with one attached hydrogen (secondary N) is 2. The Labute approximate surface area is 160 Å². The van der Waals surface area contributed by atoms with Gasteiger partial charge in [0.15, 0.2) is 18.1 Å². The van der Waals surface area contributed by atoms with Gasteiger partial charge in [-0.1, -0.05) is 25.7 Å². The Morgan fingerprint density at radius 1 is 1.22 bits per heavy atom. The number of hydrogen-bond donors (Lipinski definition) is 2. The van der Waals surface area contributed by atoms with Gasteiger partial charge >= 0.3 is 0 Å². The molecule has 0 radical (unpaired) electrons. The standard InChI is InChI=1S/C21H28N2O4/c1-25-18-9-8-15(17-13-21(27-23-17)10-4-5-11-21)12-19(18)26-14-20(24)22-16-6-2-3-7-16/h8-9,12-13,16,23H,2-7,10-11,14H2,1H3,(H,22,24). The predicted octanol–water partition coefficient (Wildman–Crippen LogP) is 3.32. The van der Waals surface area contributed by atoms with Crippen LogP contribution in [0.5, 0.6) is 11.5 Å². The van der Waals surface area contributed by atoms with Gasteiger partial charge in [0.25, 0.3) is 5.91 Å². The maximum atomic E-state index is 12.2. The van der Waals surface area contributed by atoms with E-state index in [1.165, 1.54) is 25.7 Å². The van der Waals surface area contributed by atoms with Crippen molar-refractivity contribution in [3.8, 4) is 11.5 Å². The van der Waals surface area contributed by atoms with Crippen LogP contribution < -0.4 is 20.3 Å². The third-order valence-electron chi connectivity index (χ3n) is 5.78. The molecule has 1 aliphatic heterocycles. The molecule has 1 amide bonds. The first-order chi connectivity index (χ1) is 13.2. The second-order valence-corrected chi connectivity index (χ2v) is 7.74. The molecule has 0 aromatic heterocycles. The third kappa shape index (κ3) is 4.05. The summed E-state index contributed by atoms with van der Waals surface area (Å²) in [4.78, 5) is 18.0. The highest BCUT2D eigenvalue weighted by Gasteiger charge is 2.38. The predicted molar refractivity (Wildman–Crippen MR) is 102 cm³/mol. The molecule has 1 aromatic carbocycles. The van der Waals surface area contributed by atoms with Crippen LogP contribution in [-0.2, 0) is 9.63 Å². The van der Waals surface area contributed by atoms with Crippen LogP contribution in [0.2, 0.25) is 0 Å². The molecule has 0 bridgehead atoms. The van der Waals surface area contributed by atoms with Crippen molar-refractivity contribution in [1.29, 1.82) is 0 Å². The van der Waals surface area contributed by atoms with Gasteiger partial charge < -0.3 is 14.8 Å². The van der Waals surface area contributed by atoms with Gasteiger partial charge in [0.05, 0.1) is 12.8 Å². The van der Waals surface area contributed by atoms with Crippen molar-refractivity contribution >= 4 is 11.6 Å². The van der Waals surface area contributed by atoms with E-state index in [0.29, 0.717) is 17.5 Å². The molecule has 3 aliphatic rings. The molecule has 1 heterocycles. The Morgan fingerprint density at radius 3 is 2.74 bits per heavy atom. The van der Waals surface area contributed by atoms with Crippen molar-refractivity contribution in [1.82, 2.24) is 10.8 Å². The van der Waals surface area contributed by atoms with Crippen molar-refractivity contribution in [3.05, 3.63) is 29.8 Å². The van der Waals surface area contributed by atoms with Gasteiger partial charge in [-0.15, -0.1) is 0 Å². The number of benzene rings is 1. The van der Waals surface area contributed by atoms with E-state index in [1.807, 2.05) is 18.2 Å². The van der Waals surface area contributed by atoms with Gasteiger partial charge in [-0.05, 0) is 50.0 Å². The quantitative estimate of drug-likeness (QED) is 0.802. The summed E-state index contributed by atoms with van der Waals surface area (Å²) >= 11 is 0. The van der Waals surface area contributed by atoms with E-state index in [4.69, 9.17) is 14.3 Å². The minimum absolute atomic E-state index is 0.0107. The van der Waals surface area contributed by atoms with E-state index in [1.54, 1.807) is 7.11 Å². The molecule has 1 spiro atoms. The van der Waals surface area contributed by atoms with E-state index in [-0.39, 0.29) is 18.1 Å². The van der Waals surface area contributed by atoms with Gasteiger partial charge in [-0.25, -0.2) is 0 Å². The lowest BCUT2D eigenvalue weighted by atomic mass is 10.00. The highest BCUT2D eigenvalue weighted by molar-refractivity contribution is 5.78. The zero-order valence-electron chi connectivity index (χ0n) is 15.9. The van der Waals surface area contributed by atoms with Crippen molar-refractivity contribution in [2.45, 2.75) is 63.0 Å². The molecule has 4 rings (SSSR count). The fourth-order valence-electron chi connectivity index (χ4n) is 4.28. The van der Waals surface area contributed by atoms with Crippen LogP contribution in [0, 0.1) is 0 Å². The summed E-state index contributed by atoms with van der Waals surface area (Å²) in [6.07, 6.45) is 11.2. The van der Waals surface area contributed by atoms with Gasteiger partial charge in [0.2, 0.25) is 0 Å². The number of carbonyl (C=O) groups excluding carboxylic acids is 1. The largest absolute Gasteiger partial charge is 0.493 e. The van der Waals surface area contributed by atoms with Crippen LogP contribution in [0.4, 0.5) is 0 Å². The summed E-state index contributed by atoms with van der Waals surface area (Å²) in [5.41, 5.74) is 4.81. The lowest BCUT2D eigenvalue weighted by Crippen LogP contribution is -2.36. The molecule has 1 aromatic rings. The molecule has 2 aliphatic carbocycles. The van der Waals surface area contributed by atoms with Crippen molar-refractivity contribution in [2.24, 2.45) is 0 Å². The maximum absolute atomic E-state index is 12.2. The molecule has 2 N–H and O–H groups in total. The van der Waals surface area contributed by atoms with Crippen LogP contribution in [0.25, 0.3) is 5.70 Å². The molecule has 0 unspecified atom stereocenters. The lowest BCUT2D eigenvalue weighted by molar-refractivity contribution is -0.123. The Hall–Kier alpha value is -2.21. The van der Waals surface area contributed by atoms with Crippen molar-refractivity contribution < 1.29 is 19.1 Å². The van der Waals surface area contributed by atoms with Gasteiger partial charge in [0.1, 0.15) is 5.60 Å². The van der Waals surface area contributed by atoms with Gasteiger partial charge in [0, 0.05) is 11.6 Å². The number of ether oxygens (including phenoxy) is 2. The molecule has 0 atom stereocenters. The smallest absolute Gasteiger partial charge is 0.258 e. The number of methoxy groups -OCH3 is 1. The monoisotopic (exact) mass is 372 g/mol. The first-order valence-corrected chi connectivity index (χ1v) is 9.95. The van der Waals surface area contributed by atoms with E-state index in [2.05, 4.69) is 16.9 Å². The van der Waals surface area contributed by atoms with E-state index in [0.717, 1.165) is 36.9 Å². The van der Waals surface area contributed by atoms with Crippen LogP contribution in [0.1, 0.15) is 56.9 Å². The summed E-state index contributed by atoms with van der Waals surface area (Å²) in [7, 11) is 1.60. The highest BCUT2D eigenvalue weighted by atomic mass is 16.7. The van der Waals surface area contributed by atoms with E-state index < -0.39 is 0 Å². The maximum Gasteiger partial charge on any atom is 0.258 e. The molecule has 27 heavy (non-hydrogen) atoms. The number of carbonyl (C=O) groups is 1. The summed E-state index contributed by atoms with van der Waals surface area (Å²) in [5, 5.41) is 3.04. The van der Waals surface area contributed by atoms with E-state index >= 15 is 0 Å². The molecule has 2 saturated carbocycles. The van der Waals surface area contributed by atoms with E-state index in [9.17, 15) is 4.79 Å². The number of hydroxylamine groups is 1. The third-order valence-corrected chi connectivity index (χ3v) is 5.78. The molecule has 0 saturated heterocycles. The minimum Gasteiger partial charge on any atom is -0.493 e. The Balaban J connectivity index is 1.44. The van der Waals surface area contributed by atoms with Crippen LogP contribution in [-0.4, -0.2) is 31.3 Å². The molecule has 2 fully saturated rings. The van der Waals surface area contributed by atoms with Gasteiger partial charge in [-0.2, -0.15) is 0 Å². The van der Waals surface area contributed by atoms with Crippen LogP contribution >= 0.6 is 0 Å². The normalized spacial score (nSPS) is 21.1. The summed E-state index contributed by atoms with van der Waals surface area (Å²) < 4.78 is 11.2. The molecular formula is C21H28N2O4. The zero-order chi connectivity index (χ0) is 18.7. The first kappa shape index (κ1) is 18.2. The SMILES string of the molecule is COc1ccc(C2=CC3(CCCC3)ON2)cc1OCC(=O)NC1CCCC1. The summed E-state index contributed by atoms with van der Waals surface area (Å²) in [6, 6.07) is 6.03. The summed E-state index contributed by atoms with van der Waals surface area (Å²) in [6.45, 7) is -0.0107. The zero-order valence-corrected chi connectivity index (χ0v) is 15.9. The molecule has 146 valence electrons. The fourth-order valence-corrected chi connectivity index (χ4v) is 4.28. The lowest BCUT2D eigenvalue weighted by Gasteiger charge is -2.17. The minimum atomic E-state index is -0.169. The highest BCUT2D eigenvalue weighted by Crippen LogP contribution is 2.40. The second kappa shape index (κ2) is 7.80. The number of hydrogen-bond acceptors (Lipinski definition) is 5. The second-order valence-electron chi connectivity index (χ2n) is 7.74. The first-order valence-electron chi connectivity index (χ1n) is 9.95. The molecule has 6 nitrogen and oxygen atoms in total. The Bertz CT molecular complexity index is 719.